The number of hydrogen-bond acceptors (Lipinski definition) is 2. The summed E-state index contributed by atoms with van der Waals surface area (Å²) >= 11 is 0. The first-order valence-electron chi connectivity index (χ1n) is 5.87. The van der Waals surface area contributed by atoms with Crippen LogP contribution in [0.3, 0.4) is 0 Å². The van der Waals surface area contributed by atoms with Crippen LogP contribution in [0.15, 0.2) is 0 Å². The molecular formula is C12H21N3. The molecule has 0 aromatic carbocycles. The number of aromatic nitrogens is 3. The Morgan fingerprint density at radius 3 is 2.73 bits per heavy atom. The van der Waals surface area contributed by atoms with Gasteiger partial charge < -0.3 is 4.57 Å². The van der Waals surface area contributed by atoms with Crippen LogP contribution in [0.5, 0.6) is 0 Å². The highest BCUT2D eigenvalue weighted by Gasteiger charge is 2.22. The lowest BCUT2D eigenvalue weighted by molar-refractivity contribution is 0.354. The van der Waals surface area contributed by atoms with Crippen LogP contribution in [-0.4, -0.2) is 14.8 Å². The quantitative estimate of drug-likeness (QED) is 0.708. The van der Waals surface area contributed by atoms with Crippen LogP contribution in [0, 0.1) is 11.3 Å². The summed E-state index contributed by atoms with van der Waals surface area (Å²) in [5.74, 6) is 3.13. The van der Waals surface area contributed by atoms with Gasteiger partial charge in [0.1, 0.15) is 11.6 Å². The van der Waals surface area contributed by atoms with Crippen molar-refractivity contribution in [3.05, 3.63) is 11.6 Å². The van der Waals surface area contributed by atoms with E-state index >= 15 is 0 Å². The van der Waals surface area contributed by atoms with E-state index in [9.17, 15) is 0 Å². The van der Waals surface area contributed by atoms with E-state index in [4.69, 9.17) is 0 Å². The molecule has 1 aliphatic rings. The second kappa shape index (κ2) is 3.62. The summed E-state index contributed by atoms with van der Waals surface area (Å²) in [6.45, 7) is 10.2. The van der Waals surface area contributed by atoms with Gasteiger partial charge in [0, 0.05) is 19.4 Å². The molecule has 2 rings (SSSR count). The first kappa shape index (κ1) is 10.7. The molecule has 0 fully saturated rings. The largest absolute Gasteiger partial charge is 0.315 e. The van der Waals surface area contributed by atoms with E-state index in [0.717, 1.165) is 25.3 Å². The third-order valence-electron chi connectivity index (χ3n) is 2.95. The summed E-state index contributed by atoms with van der Waals surface area (Å²) in [4.78, 5) is 0. The zero-order valence-corrected chi connectivity index (χ0v) is 10.2. The fourth-order valence-electron chi connectivity index (χ4n) is 2.15. The van der Waals surface area contributed by atoms with Gasteiger partial charge in [-0.2, -0.15) is 0 Å². The minimum atomic E-state index is 0.296. The fraction of sp³-hybridized carbons (Fsp3) is 0.833. The van der Waals surface area contributed by atoms with Gasteiger partial charge in [-0.1, -0.05) is 27.7 Å². The number of nitrogens with zero attached hydrogens (tertiary/aromatic N) is 3. The van der Waals surface area contributed by atoms with Crippen molar-refractivity contribution in [1.29, 1.82) is 0 Å². The second-order valence-corrected chi connectivity index (χ2v) is 6.02. The van der Waals surface area contributed by atoms with Crippen molar-refractivity contribution in [3.8, 4) is 0 Å². The highest BCUT2D eigenvalue weighted by atomic mass is 15.3. The molecule has 0 aliphatic carbocycles. The molecule has 1 atom stereocenters. The molecule has 0 spiro atoms. The molecule has 0 saturated carbocycles. The van der Waals surface area contributed by atoms with Gasteiger partial charge in [-0.15, -0.1) is 10.2 Å². The Bertz CT molecular complexity index is 346. The molecule has 1 unspecified atom stereocenters. The van der Waals surface area contributed by atoms with E-state index < -0.39 is 0 Å². The monoisotopic (exact) mass is 207 g/mol. The molecule has 15 heavy (non-hydrogen) atoms. The molecule has 1 aromatic heterocycles. The average molecular weight is 207 g/mol. The van der Waals surface area contributed by atoms with Gasteiger partial charge >= 0.3 is 0 Å². The lowest BCUT2D eigenvalue weighted by Gasteiger charge is -2.23. The standard InChI is InChI=1S/C12H21N3/c1-9-5-6-10-13-14-11(15(10)8-9)7-12(2,3)4/h9H,5-8H2,1-4H3. The first-order valence-corrected chi connectivity index (χ1v) is 5.87. The summed E-state index contributed by atoms with van der Waals surface area (Å²) in [6, 6.07) is 0. The molecule has 0 radical (unpaired) electrons. The van der Waals surface area contributed by atoms with E-state index in [1.165, 1.54) is 18.1 Å². The molecule has 3 nitrogen and oxygen atoms in total. The van der Waals surface area contributed by atoms with Crippen molar-refractivity contribution < 1.29 is 0 Å². The van der Waals surface area contributed by atoms with E-state index in [-0.39, 0.29) is 0 Å². The van der Waals surface area contributed by atoms with Crippen LogP contribution in [0.2, 0.25) is 0 Å². The second-order valence-electron chi connectivity index (χ2n) is 6.02. The molecule has 84 valence electrons. The minimum absolute atomic E-state index is 0.296. The van der Waals surface area contributed by atoms with Gasteiger partial charge in [0.15, 0.2) is 0 Å². The lowest BCUT2D eigenvalue weighted by Crippen LogP contribution is -2.22. The van der Waals surface area contributed by atoms with Crippen LogP contribution in [0.4, 0.5) is 0 Å². The van der Waals surface area contributed by atoms with Crippen molar-refractivity contribution in [2.24, 2.45) is 11.3 Å². The zero-order chi connectivity index (χ0) is 11.1. The normalized spacial score (nSPS) is 21.5. The molecule has 2 heterocycles. The predicted octanol–water partition coefficient (Wildman–Crippen LogP) is 2.45. The van der Waals surface area contributed by atoms with Crippen molar-refractivity contribution in [2.45, 2.75) is 53.5 Å². The van der Waals surface area contributed by atoms with Gasteiger partial charge in [0.2, 0.25) is 0 Å². The van der Waals surface area contributed by atoms with Gasteiger partial charge in [-0.3, -0.25) is 0 Å². The first-order chi connectivity index (χ1) is 6.96. The Morgan fingerprint density at radius 1 is 1.33 bits per heavy atom. The van der Waals surface area contributed by atoms with Crippen molar-refractivity contribution >= 4 is 0 Å². The van der Waals surface area contributed by atoms with Crippen molar-refractivity contribution in [2.75, 3.05) is 0 Å². The molecular weight excluding hydrogens is 186 g/mol. The number of rotatable bonds is 1. The molecule has 0 amide bonds. The predicted molar refractivity (Wildman–Crippen MR) is 60.7 cm³/mol. The Balaban J connectivity index is 2.23. The van der Waals surface area contributed by atoms with Crippen LogP contribution < -0.4 is 0 Å². The molecule has 1 aliphatic heterocycles. The number of fused-ring (bicyclic) bond motifs is 1. The van der Waals surface area contributed by atoms with E-state index in [1.807, 2.05) is 0 Å². The Labute approximate surface area is 91.9 Å². The Kier molecular flexibility index (Phi) is 2.57. The van der Waals surface area contributed by atoms with Gasteiger partial charge in [0.05, 0.1) is 0 Å². The molecule has 0 N–H and O–H groups in total. The van der Waals surface area contributed by atoms with Crippen molar-refractivity contribution in [1.82, 2.24) is 14.8 Å². The fourth-order valence-corrected chi connectivity index (χ4v) is 2.15. The highest BCUT2D eigenvalue weighted by molar-refractivity contribution is 5.01. The topological polar surface area (TPSA) is 30.7 Å². The number of aryl methyl sites for hydroxylation is 1. The summed E-state index contributed by atoms with van der Waals surface area (Å²) in [5.41, 5.74) is 0.296. The maximum atomic E-state index is 4.33. The molecule has 3 heteroatoms. The summed E-state index contributed by atoms with van der Waals surface area (Å²) in [6.07, 6.45) is 3.37. The molecule has 0 bridgehead atoms. The summed E-state index contributed by atoms with van der Waals surface area (Å²) in [5, 5.41) is 8.62. The average Bonchev–Trinajstić information content (AvgIpc) is 2.46. The van der Waals surface area contributed by atoms with Crippen LogP contribution in [0.25, 0.3) is 0 Å². The summed E-state index contributed by atoms with van der Waals surface area (Å²) < 4.78 is 2.33. The number of hydrogen-bond donors (Lipinski definition) is 0. The molecule has 0 saturated heterocycles. The van der Waals surface area contributed by atoms with Gasteiger partial charge in [-0.05, 0) is 17.8 Å². The van der Waals surface area contributed by atoms with E-state index in [0.29, 0.717) is 5.41 Å². The smallest absolute Gasteiger partial charge is 0.133 e. The molecule has 1 aromatic rings. The van der Waals surface area contributed by atoms with E-state index in [1.54, 1.807) is 0 Å². The van der Waals surface area contributed by atoms with Gasteiger partial charge in [-0.25, -0.2) is 0 Å². The zero-order valence-electron chi connectivity index (χ0n) is 10.2. The maximum absolute atomic E-state index is 4.33. The van der Waals surface area contributed by atoms with Gasteiger partial charge in [0.25, 0.3) is 0 Å². The van der Waals surface area contributed by atoms with E-state index in [2.05, 4.69) is 42.5 Å². The summed E-state index contributed by atoms with van der Waals surface area (Å²) in [7, 11) is 0. The van der Waals surface area contributed by atoms with Crippen LogP contribution in [0.1, 0.15) is 45.8 Å². The highest BCUT2D eigenvalue weighted by Crippen LogP contribution is 2.24. The third kappa shape index (κ3) is 2.39. The SMILES string of the molecule is CC1CCc2nnc(CC(C)(C)C)n2C1. The van der Waals surface area contributed by atoms with Crippen LogP contribution in [-0.2, 0) is 19.4 Å². The Hall–Kier alpha value is -0.860. The lowest BCUT2D eigenvalue weighted by atomic mass is 9.91. The third-order valence-corrected chi connectivity index (χ3v) is 2.95. The van der Waals surface area contributed by atoms with Crippen molar-refractivity contribution in [3.63, 3.8) is 0 Å². The maximum Gasteiger partial charge on any atom is 0.133 e. The van der Waals surface area contributed by atoms with Crippen LogP contribution >= 0.6 is 0 Å². The minimum Gasteiger partial charge on any atom is -0.315 e. The Morgan fingerprint density at radius 2 is 2.07 bits per heavy atom.